The molecule has 8 heteroatoms. The molecule has 3 aliphatic heterocycles. The van der Waals surface area contributed by atoms with Gasteiger partial charge in [-0.05, 0) is 37.5 Å². The van der Waals surface area contributed by atoms with Crippen LogP contribution in [0.3, 0.4) is 0 Å². The van der Waals surface area contributed by atoms with E-state index in [1.54, 1.807) is 13.0 Å². The highest BCUT2D eigenvalue weighted by Gasteiger charge is 2.42. The van der Waals surface area contributed by atoms with Crippen LogP contribution in [0.1, 0.15) is 43.1 Å². The van der Waals surface area contributed by atoms with Crippen molar-refractivity contribution in [1.82, 2.24) is 9.21 Å². The van der Waals surface area contributed by atoms with Gasteiger partial charge in [-0.25, -0.2) is 12.8 Å². The zero-order valence-electron chi connectivity index (χ0n) is 19.7. The summed E-state index contributed by atoms with van der Waals surface area (Å²) >= 11 is 0. The molecule has 3 heterocycles. The summed E-state index contributed by atoms with van der Waals surface area (Å²) in [6.45, 7) is 6.70. The Morgan fingerprint density at radius 1 is 1.00 bits per heavy atom. The number of carbonyl (C=O) groups excluding carboxylic acids is 1. The topological polar surface area (TPSA) is 60.9 Å². The molecule has 2 aromatic carbocycles. The zero-order chi connectivity index (χ0) is 24.0. The summed E-state index contributed by atoms with van der Waals surface area (Å²) in [7, 11) is -3.61. The zero-order valence-corrected chi connectivity index (χ0v) is 20.5. The largest absolute Gasteiger partial charge is 0.371 e. The van der Waals surface area contributed by atoms with E-state index >= 15 is 4.39 Å². The van der Waals surface area contributed by atoms with Gasteiger partial charge in [0.2, 0.25) is 15.9 Å². The third kappa shape index (κ3) is 4.22. The number of hydrogen-bond acceptors (Lipinski definition) is 4. The van der Waals surface area contributed by atoms with Crippen LogP contribution in [0.5, 0.6) is 0 Å². The van der Waals surface area contributed by atoms with Gasteiger partial charge in [0.25, 0.3) is 0 Å². The Kier molecular flexibility index (Phi) is 6.14. The molecule has 0 N–H and O–H groups in total. The Morgan fingerprint density at radius 2 is 1.68 bits per heavy atom. The van der Waals surface area contributed by atoms with Crippen LogP contribution in [-0.2, 0) is 21.4 Å². The predicted octanol–water partition coefficient (Wildman–Crippen LogP) is 3.80. The van der Waals surface area contributed by atoms with Crippen molar-refractivity contribution in [2.24, 2.45) is 11.8 Å². The van der Waals surface area contributed by atoms with Gasteiger partial charge in [-0.1, -0.05) is 36.4 Å². The minimum atomic E-state index is -3.61. The fourth-order valence-corrected chi connectivity index (χ4v) is 8.03. The lowest BCUT2D eigenvalue weighted by atomic mass is 10.0. The third-order valence-electron chi connectivity index (χ3n) is 7.86. The van der Waals surface area contributed by atoms with Crippen molar-refractivity contribution < 1.29 is 17.6 Å². The molecular formula is C26H32FN3O3S. The lowest BCUT2D eigenvalue weighted by Crippen LogP contribution is -2.44. The molecule has 0 radical (unpaired) electrons. The van der Waals surface area contributed by atoms with Crippen molar-refractivity contribution in [3.63, 3.8) is 0 Å². The number of amides is 1. The number of halogens is 1. The summed E-state index contributed by atoms with van der Waals surface area (Å²) in [4.78, 5) is 15.7. The van der Waals surface area contributed by atoms with Crippen molar-refractivity contribution in [3.05, 3.63) is 65.5 Å². The molecule has 6 nitrogen and oxygen atoms in total. The molecule has 2 aromatic rings. The molecule has 0 spiro atoms. The van der Waals surface area contributed by atoms with Gasteiger partial charge < -0.3 is 9.80 Å². The van der Waals surface area contributed by atoms with Gasteiger partial charge in [0.1, 0.15) is 11.1 Å². The first-order chi connectivity index (χ1) is 16.2. The number of sulfonamides is 1. The van der Waals surface area contributed by atoms with Gasteiger partial charge in [-0.3, -0.25) is 4.79 Å². The summed E-state index contributed by atoms with van der Waals surface area (Å²) in [5, 5.41) is -0.592. The minimum absolute atomic E-state index is 0.0395. The second-order valence-corrected chi connectivity index (χ2v) is 12.1. The third-order valence-corrected chi connectivity index (χ3v) is 10.2. The molecular weight excluding hydrogens is 453 g/mol. The highest BCUT2D eigenvalue weighted by atomic mass is 32.2. The van der Waals surface area contributed by atoms with Crippen molar-refractivity contribution in [3.8, 4) is 0 Å². The van der Waals surface area contributed by atoms with Gasteiger partial charge in [0.05, 0.1) is 0 Å². The van der Waals surface area contributed by atoms with Crippen LogP contribution < -0.4 is 4.90 Å². The summed E-state index contributed by atoms with van der Waals surface area (Å²) in [6.07, 6.45) is 1.32. The number of benzene rings is 2. The average Bonchev–Trinajstić information content (AvgIpc) is 3.38. The minimum Gasteiger partial charge on any atom is -0.371 e. The first-order valence-electron chi connectivity index (χ1n) is 12.1. The first-order valence-corrected chi connectivity index (χ1v) is 13.6. The van der Waals surface area contributed by atoms with Gasteiger partial charge in [-0.15, -0.1) is 0 Å². The molecule has 4 atom stereocenters. The standard InChI is InChI=1S/C26H32FN3O3S/c1-18-8-11-26(20-6-4-3-5-7-20)34(32,33)30(18)17-21-9-10-24(12-25(21)27)29-15-22-13-28(19(2)31)14-23(22)16-29/h3-7,9-10,12,18,22-23,26H,8,11,13-17H2,1-2H3/t18-,22-,23+,26?/m0/s1. The summed E-state index contributed by atoms with van der Waals surface area (Å²) in [5.74, 6) is 0.582. The Morgan fingerprint density at radius 3 is 2.29 bits per heavy atom. The van der Waals surface area contributed by atoms with Crippen molar-refractivity contribution in [2.75, 3.05) is 31.1 Å². The number of carbonyl (C=O) groups is 1. The van der Waals surface area contributed by atoms with Crippen LogP contribution in [0.4, 0.5) is 10.1 Å². The smallest absolute Gasteiger partial charge is 0.221 e. The average molecular weight is 486 g/mol. The number of hydrogen-bond donors (Lipinski definition) is 0. The summed E-state index contributed by atoms with van der Waals surface area (Å²) in [6, 6.07) is 14.3. The fraction of sp³-hybridized carbons (Fsp3) is 0.500. The van der Waals surface area contributed by atoms with E-state index in [1.807, 2.05) is 48.2 Å². The molecule has 34 heavy (non-hydrogen) atoms. The van der Waals surface area contributed by atoms with E-state index in [4.69, 9.17) is 0 Å². The number of nitrogens with zero attached hydrogens (tertiary/aromatic N) is 3. The molecule has 1 unspecified atom stereocenters. The van der Waals surface area contributed by atoms with E-state index in [0.717, 1.165) is 43.9 Å². The molecule has 5 rings (SSSR count). The van der Waals surface area contributed by atoms with E-state index in [-0.39, 0.29) is 24.3 Å². The monoisotopic (exact) mass is 485 g/mol. The van der Waals surface area contributed by atoms with Crippen LogP contribution in [0.25, 0.3) is 0 Å². The highest BCUT2D eigenvalue weighted by molar-refractivity contribution is 7.89. The predicted molar refractivity (Wildman–Crippen MR) is 130 cm³/mol. The molecule has 0 saturated carbocycles. The van der Waals surface area contributed by atoms with Crippen LogP contribution >= 0.6 is 0 Å². The Hall–Kier alpha value is -2.45. The Labute approximate surface area is 201 Å². The number of likely N-dealkylation sites (tertiary alicyclic amines) is 1. The number of rotatable bonds is 4. The Bertz CT molecular complexity index is 1160. The van der Waals surface area contributed by atoms with Gasteiger partial charge in [0, 0.05) is 68.8 Å². The van der Waals surface area contributed by atoms with Gasteiger partial charge >= 0.3 is 0 Å². The lowest BCUT2D eigenvalue weighted by Gasteiger charge is -2.37. The lowest BCUT2D eigenvalue weighted by molar-refractivity contribution is -0.128. The van der Waals surface area contributed by atoms with E-state index in [0.29, 0.717) is 23.8 Å². The maximum absolute atomic E-state index is 15.2. The van der Waals surface area contributed by atoms with Crippen molar-refractivity contribution >= 4 is 21.6 Å². The molecule has 0 aromatic heterocycles. The molecule has 3 aliphatic rings. The van der Waals surface area contributed by atoms with E-state index in [9.17, 15) is 13.2 Å². The highest BCUT2D eigenvalue weighted by Crippen LogP contribution is 2.39. The molecule has 3 saturated heterocycles. The molecule has 3 fully saturated rings. The fourth-order valence-electron chi connectivity index (χ4n) is 5.84. The van der Waals surface area contributed by atoms with E-state index in [1.165, 1.54) is 10.4 Å². The van der Waals surface area contributed by atoms with Crippen LogP contribution in [0.2, 0.25) is 0 Å². The van der Waals surface area contributed by atoms with Crippen LogP contribution in [-0.4, -0.2) is 55.8 Å². The maximum Gasteiger partial charge on any atom is 0.221 e. The quantitative estimate of drug-likeness (QED) is 0.661. The SMILES string of the molecule is CC(=O)N1C[C@@H]2CN(c3ccc(CN4[C@@H](C)CCC(c5ccccc5)S4(=O)=O)c(F)c3)C[C@@H]2C1. The van der Waals surface area contributed by atoms with Gasteiger partial charge in [0.15, 0.2) is 0 Å². The normalized spacial score (nSPS) is 28.8. The summed E-state index contributed by atoms with van der Waals surface area (Å²) in [5.41, 5.74) is 2.01. The van der Waals surface area contributed by atoms with Crippen molar-refractivity contribution in [1.29, 1.82) is 0 Å². The van der Waals surface area contributed by atoms with Crippen LogP contribution in [0, 0.1) is 17.7 Å². The van der Waals surface area contributed by atoms with Crippen LogP contribution in [0.15, 0.2) is 48.5 Å². The Balaban J connectivity index is 1.31. The first kappa shape index (κ1) is 23.3. The molecule has 0 bridgehead atoms. The number of anilines is 1. The summed E-state index contributed by atoms with van der Waals surface area (Å²) < 4.78 is 43.6. The molecule has 0 aliphatic carbocycles. The van der Waals surface area contributed by atoms with E-state index < -0.39 is 15.3 Å². The number of fused-ring (bicyclic) bond motifs is 1. The molecule has 1 amide bonds. The molecule has 182 valence electrons. The second-order valence-electron chi connectivity index (χ2n) is 10.0. The van der Waals surface area contributed by atoms with Gasteiger partial charge in [-0.2, -0.15) is 4.31 Å². The van der Waals surface area contributed by atoms with Crippen molar-refractivity contribution in [2.45, 2.75) is 44.5 Å². The second kappa shape index (κ2) is 8.96. The van der Waals surface area contributed by atoms with E-state index in [2.05, 4.69) is 4.90 Å². The maximum atomic E-state index is 15.2.